The van der Waals surface area contributed by atoms with Gasteiger partial charge in [0.2, 0.25) is 0 Å². The fourth-order valence-electron chi connectivity index (χ4n) is 4.17. The zero-order valence-corrected chi connectivity index (χ0v) is 20.4. The standard InChI is InChI=1S/C28H21NO7S/c1-17-25(28(32)35-16-18-8-3-2-4-9-18)23-15-24(21-12-5-6-13-22(21)26(23)36-17)29-37(33,34)20-11-7-10-19(14-20)27(30)31/h2-15,29H,16H2,1H3,(H,30,31). The molecule has 1 aromatic heterocycles. The van der Waals surface area contributed by atoms with Crippen LogP contribution in [0.4, 0.5) is 5.69 Å². The number of carboxylic acid groups (broad SMARTS) is 1. The summed E-state index contributed by atoms with van der Waals surface area (Å²) in [6, 6.07) is 22.9. The van der Waals surface area contributed by atoms with Crippen molar-refractivity contribution in [2.75, 3.05) is 4.72 Å². The van der Waals surface area contributed by atoms with Crippen molar-refractivity contribution in [3.05, 3.63) is 107 Å². The van der Waals surface area contributed by atoms with E-state index < -0.39 is 22.0 Å². The van der Waals surface area contributed by atoms with Crippen LogP contribution in [0.3, 0.4) is 0 Å². The molecule has 8 nitrogen and oxygen atoms in total. The van der Waals surface area contributed by atoms with Gasteiger partial charge in [-0.1, -0.05) is 60.7 Å². The number of hydrogen-bond donors (Lipinski definition) is 2. The SMILES string of the molecule is Cc1oc2c(cc(NS(=O)(=O)c3cccc(C(=O)O)c3)c3ccccc32)c1C(=O)OCc1ccccc1. The van der Waals surface area contributed by atoms with E-state index in [9.17, 15) is 23.1 Å². The molecule has 0 aliphatic heterocycles. The van der Waals surface area contributed by atoms with Crippen LogP contribution in [0.1, 0.15) is 32.0 Å². The van der Waals surface area contributed by atoms with Crippen molar-refractivity contribution in [3.8, 4) is 0 Å². The zero-order chi connectivity index (χ0) is 26.2. The largest absolute Gasteiger partial charge is 0.478 e. The minimum Gasteiger partial charge on any atom is -0.478 e. The molecule has 1 heterocycles. The molecule has 0 bridgehead atoms. The maximum Gasteiger partial charge on any atom is 0.342 e. The smallest absolute Gasteiger partial charge is 0.342 e. The number of aromatic carboxylic acids is 1. The molecule has 0 unspecified atom stereocenters. The van der Waals surface area contributed by atoms with E-state index in [-0.39, 0.29) is 28.3 Å². The quantitative estimate of drug-likeness (QED) is 0.265. The number of fused-ring (bicyclic) bond motifs is 3. The number of anilines is 1. The fourth-order valence-corrected chi connectivity index (χ4v) is 5.29. The van der Waals surface area contributed by atoms with Gasteiger partial charge in [0, 0.05) is 16.2 Å². The summed E-state index contributed by atoms with van der Waals surface area (Å²) < 4.78 is 40.5. The molecule has 0 aliphatic carbocycles. The lowest BCUT2D eigenvalue weighted by Gasteiger charge is -2.12. The Morgan fingerprint density at radius 3 is 2.32 bits per heavy atom. The molecule has 9 heteroatoms. The monoisotopic (exact) mass is 515 g/mol. The van der Waals surface area contributed by atoms with Crippen LogP contribution in [-0.2, 0) is 21.4 Å². The van der Waals surface area contributed by atoms with E-state index in [0.717, 1.165) is 11.6 Å². The number of aryl methyl sites for hydroxylation is 1. The normalized spacial score (nSPS) is 11.5. The van der Waals surface area contributed by atoms with Crippen LogP contribution in [0.15, 0.2) is 94.2 Å². The summed E-state index contributed by atoms with van der Waals surface area (Å²) in [6.45, 7) is 1.72. The first-order valence-electron chi connectivity index (χ1n) is 11.3. The highest BCUT2D eigenvalue weighted by atomic mass is 32.2. The summed E-state index contributed by atoms with van der Waals surface area (Å²) >= 11 is 0. The molecular formula is C28H21NO7S. The second-order valence-electron chi connectivity index (χ2n) is 8.38. The second kappa shape index (κ2) is 9.44. The number of sulfonamides is 1. The maximum atomic E-state index is 13.2. The van der Waals surface area contributed by atoms with E-state index >= 15 is 0 Å². The van der Waals surface area contributed by atoms with E-state index in [1.54, 1.807) is 31.2 Å². The first-order chi connectivity index (χ1) is 17.7. The number of carbonyl (C=O) groups excluding carboxylic acids is 1. The Bertz CT molecular complexity index is 1770. The summed E-state index contributed by atoms with van der Waals surface area (Å²) in [4.78, 5) is 24.2. The number of carboxylic acids is 1. The molecule has 0 amide bonds. The topological polar surface area (TPSA) is 123 Å². The van der Waals surface area contributed by atoms with Gasteiger partial charge in [0.15, 0.2) is 0 Å². The second-order valence-corrected chi connectivity index (χ2v) is 10.1. The van der Waals surface area contributed by atoms with Crippen molar-refractivity contribution in [2.45, 2.75) is 18.4 Å². The van der Waals surface area contributed by atoms with E-state index in [4.69, 9.17) is 9.15 Å². The average molecular weight is 516 g/mol. The average Bonchev–Trinajstić information content (AvgIpc) is 3.23. The lowest BCUT2D eigenvalue weighted by atomic mass is 10.0. The summed E-state index contributed by atoms with van der Waals surface area (Å²) in [5, 5.41) is 10.8. The van der Waals surface area contributed by atoms with Crippen molar-refractivity contribution in [1.29, 1.82) is 0 Å². The molecule has 0 spiro atoms. The van der Waals surface area contributed by atoms with Crippen molar-refractivity contribution < 1.29 is 32.3 Å². The number of nitrogens with one attached hydrogen (secondary N) is 1. The zero-order valence-electron chi connectivity index (χ0n) is 19.6. The highest BCUT2D eigenvalue weighted by Gasteiger charge is 2.24. The van der Waals surface area contributed by atoms with Gasteiger partial charge in [-0.15, -0.1) is 0 Å². The number of furan rings is 1. The Morgan fingerprint density at radius 1 is 0.892 bits per heavy atom. The van der Waals surface area contributed by atoms with E-state index in [2.05, 4.69) is 4.72 Å². The van der Waals surface area contributed by atoms with Crippen LogP contribution in [0, 0.1) is 6.92 Å². The van der Waals surface area contributed by atoms with Gasteiger partial charge in [-0.3, -0.25) is 4.72 Å². The van der Waals surface area contributed by atoms with Crippen LogP contribution < -0.4 is 4.72 Å². The highest BCUT2D eigenvalue weighted by molar-refractivity contribution is 7.92. The lowest BCUT2D eigenvalue weighted by molar-refractivity contribution is 0.0472. The van der Waals surface area contributed by atoms with Crippen LogP contribution in [0.2, 0.25) is 0 Å². The Labute approximate surface area is 212 Å². The van der Waals surface area contributed by atoms with Gasteiger partial charge in [0.1, 0.15) is 23.5 Å². The van der Waals surface area contributed by atoms with Crippen LogP contribution in [-0.4, -0.2) is 25.5 Å². The third-order valence-electron chi connectivity index (χ3n) is 5.92. The number of hydrogen-bond acceptors (Lipinski definition) is 6. The summed E-state index contributed by atoms with van der Waals surface area (Å²) in [7, 11) is -4.16. The van der Waals surface area contributed by atoms with Crippen LogP contribution in [0.5, 0.6) is 0 Å². The minimum absolute atomic E-state index is 0.0682. The number of esters is 1. The molecule has 0 saturated heterocycles. The van der Waals surface area contributed by atoms with Gasteiger partial charge in [0.25, 0.3) is 10.0 Å². The Hall–Kier alpha value is -4.63. The van der Waals surface area contributed by atoms with Crippen molar-refractivity contribution in [3.63, 3.8) is 0 Å². The Morgan fingerprint density at radius 2 is 1.59 bits per heavy atom. The summed E-state index contributed by atoms with van der Waals surface area (Å²) in [5.41, 5.74) is 1.50. The molecular weight excluding hydrogens is 494 g/mol. The predicted molar refractivity (Wildman–Crippen MR) is 138 cm³/mol. The van der Waals surface area contributed by atoms with Crippen LogP contribution >= 0.6 is 0 Å². The van der Waals surface area contributed by atoms with Crippen molar-refractivity contribution >= 4 is 49.4 Å². The third-order valence-corrected chi connectivity index (χ3v) is 7.29. The molecule has 5 rings (SSSR count). The Balaban J connectivity index is 1.59. The molecule has 0 radical (unpaired) electrons. The maximum absolute atomic E-state index is 13.2. The highest BCUT2D eigenvalue weighted by Crippen LogP contribution is 2.37. The molecule has 2 N–H and O–H groups in total. The fraction of sp³-hybridized carbons (Fsp3) is 0.0714. The third kappa shape index (κ3) is 4.64. The molecule has 0 aliphatic rings. The first kappa shape index (κ1) is 24.1. The molecule has 4 aromatic carbocycles. The van der Waals surface area contributed by atoms with Gasteiger partial charge in [-0.25, -0.2) is 18.0 Å². The van der Waals surface area contributed by atoms with Crippen molar-refractivity contribution in [1.82, 2.24) is 0 Å². The van der Waals surface area contributed by atoms with E-state index in [1.807, 2.05) is 30.3 Å². The van der Waals surface area contributed by atoms with Gasteiger partial charge in [0.05, 0.1) is 16.1 Å². The van der Waals surface area contributed by atoms with Gasteiger partial charge in [-0.05, 0) is 36.8 Å². The molecule has 186 valence electrons. The molecule has 0 saturated carbocycles. The summed E-state index contributed by atoms with van der Waals surface area (Å²) in [6.07, 6.45) is 0. The number of ether oxygens (including phenoxy) is 1. The number of carbonyl (C=O) groups is 2. The predicted octanol–water partition coefficient (Wildman–Crippen LogP) is 5.75. The van der Waals surface area contributed by atoms with Gasteiger partial charge >= 0.3 is 11.9 Å². The molecule has 0 atom stereocenters. The lowest BCUT2D eigenvalue weighted by Crippen LogP contribution is -2.14. The first-order valence-corrected chi connectivity index (χ1v) is 12.7. The summed E-state index contributed by atoms with van der Waals surface area (Å²) in [5.74, 6) is -1.50. The minimum atomic E-state index is -4.16. The Kier molecular flexibility index (Phi) is 6.14. The van der Waals surface area contributed by atoms with Gasteiger partial charge in [-0.2, -0.15) is 0 Å². The molecule has 5 aromatic rings. The van der Waals surface area contributed by atoms with Crippen molar-refractivity contribution in [2.24, 2.45) is 0 Å². The molecule has 37 heavy (non-hydrogen) atoms. The van der Waals surface area contributed by atoms with E-state index in [1.165, 1.54) is 24.3 Å². The molecule has 0 fully saturated rings. The number of rotatable bonds is 7. The number of benzene rings is 4. The van der Waals surface area contributed by atoms with Gasteiger partial charge < -0.3 is 14.3 Å². The van der Waals surface area contributed by atoms with E-state index in [0.29, 0.717) is 27.5 Å². The van der Waals surface area contributed by atoms with Crippen LogP contribution in [0.25, 0.3) is 21.7 Å².